The molecule has 1 aliphatic carbocycles. The lowest BCUT2D eigenvalue weighted by Crippen LogP contribution is -2.36. The van der Waals surface area contributed by atoms with Gasteiger partial charge in [-0.15, -0.1) is 11.3 Å². The third-order valence-electron chi connectivity index (χ3n) is 4.43. The molecule has 0 bridgehead atoms. The molecule has 0 radical (unpaired) electrons. The van der Waals surface area contributed by atoms with Gasteiger partial charge in [0.15, 0.2) is 0 Å². The van der Waals surface area contributed by atoms with E-state index in [0.717, 1.165) is 24.3 Å². The Hall–Kier alpha value is -2.21. The van der Waals surface area contributed by atoms with Crippen LogP contribution in [0.1, 0.15) is 64.1 Å². The number of carbonyl (C=O) groups is 2. The number of hydrogen-bond donors (Lipinski definition) is 2. The molecule has 1 fully saturated rings. The molecule has 5 nitrogen and oxygen atoms in total. The maximum absolute atomic E-state index is 12.3. The maximum atomic E-state index is 12.3. The highest BCUT2D eigenvalue weighted by Gasteiger charge is 2.17. The molecule has 0 saturated heterocycles. The fourth-order valence-electron chi connectivity index (χ4n) is 2.99. The summed E-state index contributed by atoms with van der Waals surface area (Å²) in [5.74, 6) is -0.212. The number of nitrogens with zero attached hydrogens (tertiary/aromatic N) is 1. The smallest absolute Gasteiger partial charge is 0.267 e. The van der Waals surface area contributed by atoms with E-state index in [1.54, 1.807) is 30.5 Å². The van der Waals surface area contributed by atoms with Crippen molar-refractivity contribution < 1.29 is 9.59 Å². The molecule has 0 unspecified atom stereocenters. The maximum Gasteiger partial charge on any atom is 0.267 e. The topological polar surface area (TPSA) is 71.1 Å². The molecule has 132 valence electrons. The van der Waals surface area contributed by atoms with Gasteiger partial charge in [-0.25, -0.2) is 4.98 Å². The summed E-state index contributed by atoms with van der Waals surface area (Å²) < 4.78 is 0. The van der Waals surface area contributed by atoms with Crippen molar-refractivity contribution in [3.05, 3.63) is 45.9 Å². The SMILES string of the molecule is CCc1ncc(C(=O)Nc2ccc(C(=O)NC3CCCCC3)cc2)s1. The lowest BCUT2D eigenvalue weighted by Gasteiger charge is -2.22. The third kappa shape index (κ3) is 4.66. The second-order valence-electron chi connectivity index (χ2n) is 6.31. The van der Waals surface area contributed by atoms with Crippen LogP contribution in [-0.4, -0.2) is 22.8 Å². The molecular formula is C19H23N3O2S. The van der Waals surface area contributed by atoms with Crippen molar-refractivity contribution in [3.8, 4) is 0 Å². The standard InChI is InChI=1S/C19H23N3O2S/c1-2-17-20-12-16(25-17)19(24)22-15-10-8-13(9-11-15)18(23)21-14-6-4-3-5-7-14/h8-12,14H,2-7H2,1H3,(H,21,23)(H,22,24). The van der Waals surface area contributed by atoms with Crippen LogP contribution in [0.5, 0.6) is 0 Å². The van der Waals surface area contributed by atoms with Crippen LogP contribution in [0.3, 0.4) is 0 Å². The number of nitrogens with one attached hydrogen (secondary N) is 2. The number of aryl methyl sites for hydroxylation is 1. The van der Waals surface area contributed by atoms with Gasteiger partial charge in [-0.05, 0) is 43.5 Å². The highest BCUT2D eigenvalue weighted by Crippen LogP contribution is 2.19. The second-order valence-corrected chi connectivity index (χ2v) is 7.43. The predicted molar refractivity (Wildman–Crippen MR) is 100 cm³/mol. The third-order valence-corrected chi connectivity index (χ3v) is 5.57. The molecule has 3 rings (SSSR count). The van der Waals surface area contributed by atoms with E-state index in [0.29, 0.717) is 22.2 Å². The normalized spacial score (nSPS) is 14.9. The van der Waals surface area contributed by atoms with E-state index in [2.05, 4.69) is 15.6 Å². The van der Waals surface area contributed by atoms with Crippen LogP contribution in [0.15, 0.2) is 30.5 Å². The fourth-order valence-corrected chi connectivity index (χ4v) is 3.74. The van der Waals surface area contributed by atoms with Gasteiger partial charge in [0, 0.05) is 17.3 Å². The zero-order chi connectivity index (χ0) is 17.6. The van der Waals surface area contributed by atoms with Crippen molar-refractivity contribution in [2.24, 2.45) is 0 Å². The zero-order valence-electron chi connectivity index (χ0n) is 14.4. The average Bonchev–Trinajstić information content (AvgIpc) is 3.12. The molecule has 1 aromatic carbocycles. The molecule has 1 saturated carbocycles. The zero-order valence-corrected chi connectivity index (χ0v) is 15.2. The first-order chi connectivity index (χ1) is 12.2. The van der Waals surface area contributed by atoms with Gasteiger partial charge < -0.3 is 10.6 Å². The van der Waals surface area contributed by atoms with Crippen molar-refractivity contribution in [3.63, 3.8) is 0 Å². The number of hydrogen-bond acceptors (Lipinski definition) is 4. The van der Waals surface area contributed by atoms with Crippen LogP contribution < -0.4 is 10.6 Å². The van der Waals surface area contributed by atoms with Crippen LogP contribution in [0.2, 0.25) is 0 Å². The molecule has 1 aliphatic rings. The van der Waals surface area contributed by atoms with E-state index in [1.165, 1.54) is 30.6 Å². The van der Waals surface area contributed by atoms with Crippen LogP contribution in [0.4, 0.5) is 5.69 Å². The van der Waals surface area contributed by atoms with Crippen molar-refractivity contribution in [1.82, 2.24) is 10.3 Å². The summed E-state index contributed by atoms with van der Waals surface area (Å²) in [6, 6.07) is 7.31. The Balaban J connectivity index is 1.57. The minimum Gasteiger partial charge on any atom is -0.349 e. The van der Waals surface area contributed by atoms with E-state index in [9.17, 15) is 9.59 Å². The summed E-state index contributed by atoms with van der Waals surface area (Å²) in [6.07, 6.45) is 8.19. The minimum atomic E-state index is -0.170. The Morgan fingerprint density at radius 2 is 1.84 bits per heavy atom. The van der Waals surface area contributed by atoms with Gasteiger partial charge in [0.05, 0.1) is 11.2 Å². The monoisotopic (exact) mass is 357 g/mol. The van der Waals surface area contributed by atoms with Gasteiger partial charge in [0.2, 0.25) is 0 Å². The molecule has 2 amide bonds. The Labute approximate surface area is 151 Å². The van der Waals surface area contributed by atoms with E-state index in [1.807, 2.05) is 6.92 Å². The summed E-state index contributed by atoms with van der Waals surface area (Å²) in [5, 5.41) is 6.88. The summed E-state index contributed by atoms with van der Waals surface area (Å²) in [7, 11) is 0. The highest BCUT2D eigenvalue weighted by atomic mass is 32.1. The number of rotatable bonds is 5. The van der Waals surface area contributed by atoms with Gasteiger partial charge in [-0.3, -0.25) is 9.59 Å². The van der Waals surface area contributed by atoms with Crippen molar-refractivity contribution in [2.45, 2.75) is 51.5 Å². The summed E-state index contributed by atoms with van der Waals surface area (Å²) in [4.78, 5) is 29.3. The lowest BCUT2D eigenvalue weighted by molar-refractivity contribution is 0.0927. The minimum absolute atomic E-state index is 0.0418. The number of anilines is 1. The Morgan fingerprint density at radius 1 is 1.12 bits per heavy atom. The Bertz CT molecular complexity index is 733. The van der Waals surface area contributed by atoms with Gasteiger partial charge >= 0.3 is 0 Å². The first kappa shape index (κ1) is 17.6. The van der Waals surface area contributed by atoms with Gasteiger partial charge in [-0.2, -0.15) is 0 Å². The molecular weight excluding hydrogens is 334 g/mol. The Kier molecular flexibility index (Phi) is 5.81. The molecule has 0 aliphatic heterocycles. The number of carbonyl (C=O) groups excluding carboxylic acids is 2. The number of aromatic nitrogens is 1. The summed E-state index contributed by atoms with van der Waals surface area (Å²) in [5.41, 5.74) is 1.29. The highest BCUT2D eigenvalue weighted by molar-refractivity contribution is 7.13. The first-order valence-electron chi connectivity index (χ1n) is 8.82. The molecule has 25 heavy (non-hydrogen) atoms. The average molecular weight is 357 g/mol. The van der Waals surface area contributed by atoms with Crippen molar-refractivity contribution in [2.75, 3.05) is 5.32 Å². The Morgan fingerprint density at radius 3 is 2.48 bits per heavy atom. The molecule has 0 atom stereocenters. The van der Waals surface area contributed by atoms with Crippen LogP contribution in [-0.2, 0) is 6.42 Å². The molecule has 0 spiro atoms. The molecule has 1 heterocycles. The van der Waals surface area contributed by atoms with E-state index in [-0.39, 0.29) is 11.8 Å². The van der Waals surface area contributed by atoms with Crippen molar-refractivity contribution in [1.29, 1.82) is 0 Å². The quantitative estimate of drug-likeness (QED) is 0.849. The molecule has 2 N–H and O–H groups in total. The van der Waals surface area contributed by atoms with Crippen LogP contribution in [0.25, 0.3) is 0 Å². The molecule has 2 aromatic rings. The van der Waals surface area contributed by atoms with Crippen LogP contribution >= 0.6 is 11.3 Å². The van der Waals surface area contributed by atoms with Gasteiger partial charge in [-0.1, -0.05) is 26.2 Å². The molecule has 6 heteroatoms. The number of amides is 2. The summed E-state index contributed by atoms with van der Waals surface area (Å²) >= 11 is 1.40. The largest absolute Gasteiger partial charge is 0.349 e. The van der Waals surface area contributed by atoms with E-state index < -0.39 is 0 Å². The predicted octanol–water partition coefficient (Wildman–Crippen LogP) is 4.02. The summed E-state index contributed by atoms with van der Waals surface area (Å²) in [6.45, 7) is 2.01. The number of benzene rings is 1. The lowest BCUT2D eigenvalue weighted by atomic mass is 9.95. The number of thiazole rings is 1. The molecule has 1 aromatic heterocycles. The van der Waals surface area contributed by atoms with E-state index >= 15 is 0 Å². The van der Waals surface area contributed by atoms with Gasteiger partial charge in [0.25, 0.3) is 11.8 Å². The first-order valence-corrected chi connectivity index (χ1v) is 9.64. The van der Waals surface area contributed by atoms with Crippen LogP contribution in [0, 0.1) is 0 Å². The van der Waals surface area contributed by atoms with Crippen molar-refractivity contribution >= 4 is 28.8 Å². The van der Waals surface area contributed by atoms with E-state index in [4.69, 9.17) is 0 Å². The fraction of sp³-hybridized carbons (Fsp3) is 0.421. The van der Waals surface area contributed by atoms with Gasteiger partial charge in [0.1, 0.15) is 4.88 Å². The second kappa shape index (κ2) is 8.25.